The third-order valence-corrected chi connectivity index (χ3v) is 2.11. The minimum absolute atomic E-state index is 0.994. The lowest BCUT2D eigenvalue weighted by atomic mass is 10.2. The summed E-state index contributed by atoms with van der Waals surface area (Å²) in [5, 5.41) is 3.33. The van der Waals surface area contributed by atoms with Gasteiger partial charge in [-0.2, -0.15) is 0 Å². The van der Waals surface area contributed by atoms with Gasteiger partial charge in [-0.15, -0.1) is 0 Å². The highest BCUT2D eigenvalue weighted by Gasteiger charge is 2.00. The summed E-state index contributed by atoms with van der Waals surface area (Å²) in [5.41, 5.74) is 0. The number of nitrogens with zero attached hydrogens (tertiary/aromatic N) is 2. The van der Waals surface area contributed by atoms with E-state index in [1.807, 2.05) is 7.05 Å². The van der Waals surface area contributed by atoms with Gasteiger partial charge in [0, 0.05) is 27.2 Å². The Bertz CT molecular complexity index is 143. The molecular weight excluding hydrogens is 162 g/mol. The van der Waals surface area contributed by atoms with Crippen LogP contribution in [0.25, 0.3) is 0 Å². The fraction of sp³-hybridized carbons (Fsp3) is 0.900. The summed E-state index contributed by atoms with van der Waals surface area (Å²) in [6.07, 6.45) is 3.79. The van der Waals surface area contributed by atoms with E-state index in [1.54, 1.807) is 0 Å². The highest BCUT2D eigenvalue weighted by molar-refractivity contribution is 5.79. The number of hydrogen-bond acceptors (Lipinski definition) is 1. The van der Waals surface area contributed by atoms with E-state index in [0.29, 0.717) is 0 Å². The van der Waals surface area contributed by atoms with Crippen molar-refractivity contribution < 1.29 is 0 Å². The Labute approximate surface area is 82.2 Å². The van der Waals surface area contributed by atoms with E-state index >= 15 is 0 Å². The molecule has 0 unspecified atom stereocenters. The fourth-order valence-corrected chi connectivity index (χ4v) is 1.11. The molecule has 0 aliphatic heterocycles. The quantitative estimate of drug-likeness (QED) is 0.401. The monoisotopic (exact) mass is 185 g/mol. The molecule has 3 heteroatoms. The molecule has 0 aliphatic rings. The Hall–Kier alpha value is -0.730. The first-order valence-electron chi connectivity index (χ1n) is 5.18. The first-order valence-corrected chi connectivity index (χ1v) is 5.18. The number of hydrogen-bond donors (Lipinski definition) is 1. The maximum absolute atomic E-state index is 4.19. The van der Waals surface area contributed by atoms with Gasteiger partial charge in [0.05, 0.1) is 0 Å². The highest BCUT2D eigenvalue weighted by atomic mass is 15.3. The van der Waals surface area contributed by atoms with Gasteiger partial charge in [-0.1, -0.05) is 19.8 Å². The van der Waals surface area contributed by atoms with Crippen LogP contribution in [0.5, 0.6) is 0 Å². The van der Waals surface area contributed by atoms with Crippen LogP contribution in [0, 0.1) is 0 Å². The summed E-state index contributed by atoms with van der Waals surface area (Å²) in [6, 6.07) is 0. The van der Waals surface area contributed by atoms with Crippen molar-refractivity contribution in [2.75, 3.05) is 27.2 Å². The summed E-state index contributed by atoms with van der Waals surface area (Å²) in [7, 11) is 3.88. The average molecular weight is 185 g/mol. The fourth-order valence-electron chi connectivity index (χ4n) is 1.11. The molecule has 0 heterocycles. The summed E-state index contributed by atoms with van der Waals surface area (Å²) in [4.78, 5) is 6.30. The van der Waals surface area contributed by atoms with Crippen molar-refractivity contribution in [2.45, 2.75) is 33.1 Å². The lowest BCUT2D eigenvalue weighted by Crippen LogP contribution is -2.39. The van der Waals surface area contributed by atoms with Crippen LogP contribution in [-0.2, 0) is 0 Å². The van der Waals surface area contributed by atoms with Gasteiger partial charge in [-0.3, -0.25) is 4.99 Å². The molecule has 0 saturated carbocycles. The molecule has 0 fully saturated rings. The number of aliphatic imine (C=N–C) groups is 1. The first-order chi connectivity index (χ1) is 6.26. The van der Waals surface area contributed by atoms with Crippen LogP contribution >= 0.6 is 0 Å². The van der Waals surface area contributed by atoms with Crippen LogP contribution in [0.1, 0.15) is 33.1 Å². The normalized spacial score (nSPS) is 11.5. The second kappa shape index (κ2) is 7.90. The largest absolute Gasteiger partial charge is 0.356 e. The van der Waals surface area contributed by atoms with Gasteiger partial charge in [-0.25, -0.2) is 0 Å². The molecule has 1 N–H and O–H groups in total. The molecule has 0 aromatic carbocycles. The molecule has 0 saturated heterocycles. The van der Waals surface area contributed by atoms with E-state index in [4.69, 9.17) is 0 Å². The van der Waals surface area contributed by atoms with Crippen LogP contribution in [0.2, 0.25) is 0 Å². The van der Waals surface area contributed by atoms with E-state index in [2.05, 4.69) is 36.1 Å². The van der Waals surface area contributed by atoms with Gasteiger partial charge in [0.1, 0.15) is 0 Å². The van der Waals surface area contributed by atoms with E-state index in [1.165, 1.54) is 19.3 Å². The Morgan fingerprint density at radius 1 is 1.31 bits per heavy atom. The summed E-state index contributed by atoms with van der Waals surface area (Å²) in [6.45, 7) is 6.37. The maximum atomic E-state index is 4.19. The van der Waals surface area contributed by atoms with Gasteiger partial charge in [-0.05, 0) is 13.3 Å². The van der Waals surface area contributed by atoms with Crippen LogP contribution in [0.15, 0.2) is 4.99 Å². The van der Waals surface area contributed by atoms with Crippen LogP contribution in [0.3, 0.4) is 0 Å². The van der Waals surface area contributed by atoms with E-state index < -0.39 is 0 Å². The molecule has 0 spiro atoms. The molecule has 0 aromatic rings. The number of guanidine groups is 1. The molecule has 0 aliphatic carbocycles. The van der Waals surface area contributed by atoms with Gasteiger partial charge in [0.15, 0.2) is 5.96 Å². The molecule has 0 amide bonds. The van der Waals surface area contributed by atoms with Gasteiger partial charge in [0.2, 0.25) is 0 Å². The number of unbranched alkanes of at least 4 members (excludes halogenated alkanes) is 2. The zero-order valence-electron chi connectivity index (χ0n) is 9.43. The summed E-state index contributed by atoms with van der Waals surface area (Å²) >= 11 is 0. The second-order valence-corrected chi connectivity index (χ2v) is 3.20. The Morgan fingerprint density at radius 2 is 2.00 bits per heavy atom. The molecule has 0 atom stereocenters. The summed E-state index contributed by atoms with van der Waals surface area (Å²) in [5.74, 6) is 0.999. The Kier molecular flexibility index (Phi) is 7.45. The molecule has 0 bridgehead atoms. The minimum Gasteiger partial charge on any atom is -0.356 e. The zero-order chi connectivity index (χ0) is 10.1. The van der Waals surface area contributed by atoms with E-state index in [0.717, 1.165) is 19.0 Å². The van der Waals surface area contributed by atoms with Crippen molar-refractivity contribution in [3.05, 3.63) is 0 Å². The lowest BCUT2D eigenvalue weighted by molar-refractivity contribution is 0.505. The van der Waals surface area contributed by atoms with Gasteiger partial charge >= 0.3 is 0 Å². The lowest BCUT2D eigenvalue weighted by Gasteiger charge is -2.19. The van der Waals surface area contributed by atoms with Gasteiger partial charge < -0.3 is 10.2 Å². The molecule has 3 nitrogen and oxygen atoms in total. The third kappa shape index (κ3) is 5.50. The third-order valence-electron chi connectivity index (χ3n) is 2.11. The Morgan fingerprint density at radius 3 is 2.46 bits per heavy atom. The highest BCUT2D eigenvalue weighted by Crippen LogP contribution is 1.92. The molecule has 78 valence electrons. The Balaban J connectivity index is 3.61. The van der Waals surface area contributed by atoms with Crippen molar-refractivity contribution >= 4 is 5.96 Å². The smallest absolute Gasteiger partial charge is 0.193 e. The molecule has 0 rings (SSSR count). The molecule has 0 radical (unpaired) electrons. The molecule has 0 aromatic heterocycles. The average Bonchev–Trinajstić information content (AvgIpc) is 2.17. The predicted octanol–water partition coefficient (Wildman–Crippen LogP) is 1.70. The number of nitrogens with one attached hydrogen (secondary N) is 1. The maximum Gasteiger partial charge on any atom is 0.193 e. The standard InChI is InChI=1S/C10H23N3/c1-5-7-8-9-12-10(11-3)13(4)6-2/h5-9H2,1-4H3,(H,11,12). The van der Waals surface area contributed by atoms with Crippen LogP contribution < -0.4 is 5.32 Å². The van der Waals surface area contributed by atoms with Gasteiger partial charge in [0.25, 0.3) is 0 Å². The van der Waals surface area contributed by atoms with E-state index in [9.17, 15) is 0 Å². The topological polar surface area (TPSA) is 27.6 Å². The predicted molar refractivity (Wildman–Crippen MR) is 59.2 cm³/mol. The van der Waals surface area contributed by atoms with Crippen molar-refractivity contribution in [3.63, 3.8) is 0 Å². The molecule has 13 heavy (non-hydrogen) atoms. The second-order valence-electron chi connectivity index (χ2n) is 3.20. The van der Waals surface area contributed by atoms with Crippen molar-refractivity contribution in [1.82, 2.24) is 10.2 Å². The van der Waals surface area contributed by atoms with E-state index in [-0.39, 0.29) is 0 Å². The number of rotatable bonds is 5. The van der Waals surface area contributed by atoms with Crippen molar-refractivity contribution in [3.8, 4) is 0 Å². The first kappa shape index (κ1) is 12.3. The summed E-state index contributed by atoms with van der Waals surface area (Å²) < 4.78 is 0. The van der Waals surface area contributed by atoms with Crippen molar-refractivity contribution in [1.29, 1.82) is 0 Å². The molecular formula is C10H23N3. The van der Waals surface area contributed by atoms with Crippen molar-refractivity contribution in [2.24, 2.45) is 4.99 Å². The minimum atomic E-state index is 0.994. The van der Waals surface area contributed by atoms with Crippen LogP contribution in [0.4, 0.5) is 0 Å². The van der Waals surface area contributed by atoms with Crippen LogP contribution in [-0.4, -0.2) is 38.0 Å². The SMILES string of the molecule is CCCCCNC(=NC)N(C)CC. The zero-order valence-corrected chi connectivity index (χ0v) is 9.43.